The highest BCUT2D eigenvalue weighted by Crippen LogP contribution is 2.35. The van der Waals surface area contributed by atoms with Gasteiger partial charge in [-0.25, -0.2) is 9.78 Å². The number of aliphatic hydroxyl groups is 1. The summed E-state index contributed by atoms with van der Waals surface area (Å²) in [6.45, 7) is 4.56. The predicted molar refractivity (Wildman–Crippen MR) is 108 cm³/mol. The van der Waals surface area contributed by atoms with Crippen LogP contribution in [0.2, 0.25) is 0 Å². The van der Waals surface area contributed by atoms with E-state index < -0.39 is 0 Å². The van der Waals surface area contributed by atoms with E-state index in [0.717, 1.165) is 23.4 Å². The highest BCUT2D eigenvalue weighted by molar-refractivity contribution is 7.09. The number of aliphatic hydroxyl groups excluding tert-OH is 1. The summed E-state index contributed by atoms with van der Waals surface area (Å²) in [5.74, 6) is 1.24. The van der Waals surface area contributed by atoms with Crippen molar-refractivity contribution in [1.29, 1.82) is 0 Å². The maximum absolute atomic E-state index is 12.6. The molecular weight excluding hydrogens is 378 g/mol. The summed E-state index contributed by atoms with van der Waals surface area (Å²) in [4.78, 5) is 18.8. The van der Waals surface area contributed by atoms with Gasteiger partial charge in [-0.15, -0.1) is 11.3 Å². The number of thiazole rings is 1. The molecule has 3 rings (SSSR count). The Morgan fingerprint density at radius 3 is 2.82 bits per heavy atom. The summed E-state index contributed by atoms with van der Waals surface area (Å²) in [7, 11) is 1.60. The molecule has 1 saturated carbocycles. The highest BCUT2D eigenvalue weighted by Gasteiger charge is 2.33. The first kappa shape index (κ1) is 20.4. The molecule has 28 heavy (non-hydrogen) atoms. The molecule has 2 aromatic rings. The molecule has 0 bridgehead atoms. The van der Waals surface area contributed by atoms with Crippen molar-refractivity contribution < 1.29 is 19.4 Å². The van der Waals surface area contributed by atoms with E-state index in [1.54, 1.807) is 7.11 Å². The predicted octanol–water partition coefficient (Wildman–Crippen LogP) is 3.31. The topological polar surface area (TPSA) is 83.9 Å². The molecule has 0 aliphatic heterocycles. The number of amides is 2. The van der Waals surface area contributed by atoms with Crippen LogP contribution in [0.15, 0.2) is 23.6 Å². The summed E-state index contributed by atoms with van der Waals surface area (Å²) >= 11 is 1.44. The lowest BCUT2D eigenvalue weighted by Crippen LogP contribution is -2.43. The number of benzene rings is 1. The number of carbonyl (C=O) groups is 1. The van der Waals surface area contributed by atoms with Crippen molar-refractivity contribution in [3.05, 3.63) is 39.8 Å². The Balaban J connectivity index is 1.78. The van der Waals surface area contributed by atoms with Crippen LogP contribution in [0.5, 0.6) is 11.5 Å². The molecule has 1 aromatic heterocycles. The van der Waals surface area contributed by atoms with Gasteiger partial charge in [-0.05, 0) is 32.8 Å². The van der Waals surface area contributed by atoms with Crippen molar-refractivity contribution in [2.24, 2.45) is 0 Å². The van der Waals surface area contributed by atoms with Crippen molar-refractivity contribution in [2.75, 3.05) is 7.11 Å². The lowest BCUT2D eigenvalue weighted by molar-refractivity contribution is 0.187. The van der Waals surface area contributed by atoms with Crippen molar-refractivity contribution in [2.45, 2.75) is 58.5 Å². The molecule has 2 N–H and O–H groups in total. The molecule has 1 aliphatic carbocycles. The molecule has 0 atom stereocenters. The lowest BCUT2D eigenvalue weighted by Gasteiger charge is -2.25. The molecule has 0 unspecified atom stereocenters. The molecule has 0 spiro atoms. The van der Waals surface area contributed by atoms with Gasteiger partial charge in [-0.3, -0.25) is 0 Å². The number of urea groups is 1. The number of nitrogens with one attached hydrogen (secondary N) is 1. The molecule has 7 nitrogen and oxygen atoms in total. The fourth-order valence-corrected chi connectivity index (χ4v) is 3.59. The molecule has 2 amide bonds. The normalized spacial score (nSPS) is 13.5. The van der Waals surface area contributed by atoms with Crippen molar-refractivity contribution in [3.8, 4) is 11.5 Å². The van der Waals surface area contributed by atoms with Crippen molar-refractivity contribution >= 4 is 17.4 Å². The molecule has 1 aliphatic rings. The third kappa shape index (κ3) is 5.14. The van der Waals surface area contributed by atoms with E-state index in [4.69, 9.17) is 9.47 Å². The van der Waals surface area contributed by atoms with Gasteiger partial charge in [0.2, 0.25) is 0 Å². The van der Waals surface area contributed by atoms with Gasteiger partial charge in [0, 0.05) is 23.0 Å². The minimum absolute atomic E-state index is 0.0567. The summed E-state index contributed by atoms with van der Waals surface area (Å²) in [6.07, 6.45) is 2.05. The summed E-state index contributed by atoms with van der Waals surface area (Å²) in [5, 5.41) is 14.7. The third-order valence-electron chi connectivity index (χ3n) is 4.38. The van der Waals surface area contributed by atoms with Gasteiger partial charge in [-0.1, -0.05) is 12.1 Å². The Kier molecular flexibility index (Phi) is 6.74. The van der Waals surface area contributed by atoms with E-state index in [-0.39, 0.29) is 31.3 Å². The molecule has 1 fully saturated rings. The smallest absolute Gasteiger partial charge is 0.318 e. The Labute approximate surface area is 169 Å². The van der Waals surface area contributed by atoms with Crippen LogP contribution >= 0.6 is 11.3 Å². The second kappa shape index (κ2) is 9.25. The number of hydrogen-bond donors (Lipinski definition) is 2. The first-order chi connectivity index (χ1) is 13.5. The van der Waals surface area contributed by atoms with Crippen LogP contribution in [-0.2, 0) is 19.8 Å². The zero-order chi connectivity index (χ0) is 20.1. The van der Waals surface area contributed by atoms with E-state index >= 15 is 0 Å². The van der Waals surface area contributed by atoms with Crippen LogP contribution in [0.3, 0.4) is 0 Å². The fraction of sp³-hybridized carbons (Fsp3) is 0.500. The second-order valence-electron chi connectivity index (χ2n) is 7.09. The second-order valence-corrected chi connectivity index (χ2v) is 8.03. The quantitative estimate of drug-likeness (QED) is 0.669. The Morgan fingerprint density at radius 1 is 1.43 bits per heavy atom. The Morgan fingerprint density at radius 2 is 2.21 bits per heavy atom. The lowest BCUT2D eigenvalue weighted by atomic mass is 10.1. The third-order valence-corrected chi connectivity index (χ3v) is 5.25. The Bertz CT molecular complexity index is 804. The van der Waals surface area contributed by atoms with Gasteiger partial charge in [0.1, 0.15) is 11.6 Å². The van der Waals surface area contributed by atoms with Crippen LogP contribution in [0.1, 0.15) is 43.0 Å². The van der Waals surface area contributed by atoms with Gasteiger partial charge in [0.05, 0.1) is 26.0 Å². The minimum atomic E-state index is -0.0856. The number of methoxy groups -OCH3 is 1. The molecule has 152 valence electrons. The standard InChI is InChI=1S/C20H27N3O4S/c1-13(2)21-20(25)23(16-7-8-16)9-14-5-4-6-17(26-3)19(14)27-11-18-22-15(10-24)12-28-18/h4-6,12-13,16,24H,7-11H2,1-3H3,(H,21,25). The van der Waals surface area contributed by atoms with Gasteiger partial charge in [0.15, 0.2) is 11.5 Å². The Hall–Kier alpha value is -2.32. The molecular formula is C20H27N3O4S. The van der Waals surface area contributed by atoms with E-state index in [1.165, 1.54) is 11.3 Å². The van der Waals surface area contributed by atoms with Gasteiger partial charge < -0.3 is 24.8 Å². The molecule has 0 saturated heterocycles. The number of hydrogen-bond acceptors (Lipinski definition) is 6. The van der Waals surface area contributed by atoms with Crippen LogP contribution in [0, 0.1) is 0 Å². The maximum Gasteiger partial charge on any atom is 0.318 e. The van der Waals surface area contributed by atoms with Crippen LogP contribution < -0.4 is 14.8 Å². The number of ether oxygens (including phenoxy) is 2. The van der Waals surface area contributed by atoms with E-state index in [0.29, 0.717) is 23.7 Å². The van der Waals surface area contributed by atoms with Gasteiger partial charge >= 0.3 is 6.03 Å². The SMILES string of the molecule is COc1cccc(CN(C(=O)NC(C)C)C2CC2)c1OCc1nc(CO)cs1. The van der Waals surface area contributed by atoms with Gasteiger partial charge in [0.25, 0.3) is 0 Å². The molecule has 0 radical (unpaired) electrons. The zero-order valence-corrected chi connectivity index (χ0v) is 17.3. The number of nitrogens with zero attached hydrogens (tertiary/aromatic N) is 2. The van der Waals surface area contributed by atoms with E-state index in [1.807, 2.05) is 42.3 Å². The van der Waals surface area contributed by atoms with Crippen LogP contribution in [0.25, 0.3) is 0 Å². The highest BCUT2D eigenvalue weighted by atomic mass is 32.1. The fourth-order valence-electron chi connectivity index (χ4n) is 2.90. The summed E-state index contributed by atoms with van der Waals surface area (Å²) in [5.41, 5.74) is 1.53. The number of rotatable bonds is 9. The largest absolute Gasteiger partial charge is 0.493 e. The number of aromatic nitrogens is 1. The first-order valence-electron chi connectivity index (χ1n) is 9.41. The molecule has 1 aromatic carbocycles. The van der Waals surface area contributed by atoms with Crippen molar-refractivity contribution in [3.63, 3.8) is 0 Å². The molecule has 8 heteroatoms. The first-order valence-corrected chi connectivity index (χ1v) is 10.3. The van der Waals surface area contributed by atoms with Gasteiger partial charge in [-0.2, -0.15) is 0 Å². The minimum Gasteiger partial charge on any atom is -0.493 e. The molecule has 1 heterocycles. The monoisotopic (exact) mass is 405 g/mol. The zero-order valence-electron chi connectivity index (χ0n) is 16.5. The van der Waals surface area contributed by atoms with Crippen LogP contribution in [-0.4, -0.2) is 40.2 Å². The maximum atomic E-state index is 12.6. The van der Waals surface area contributed by atoms with E-state index in [2.05, 4.69) is 10.3 Å². The number of para-hydroxylation sites is 1. The van der Waals surface area contributed by atoms with Crippen molar-refractivity contribution in [1.82, 2.24) is 15.2 Å². The number of carbonyl (C=O) groups excluding carboxylic acids is 1. The van der Waals surface area contributed by atoms with E-state index in [9.17, 15) is 9.90 Å². The summed E-state index contributed by atoms with van der Waals surface area (Å²) in [6, 6.07) is 5.99. The summed E-state index contributed by atoms with van der Waals surface area (Å²) < 4.78 is 11.5. The van der Waals surface area contributed by atoms with Crippen LogP contribution in [0.4, 0.5) is 4.79 Å². The average molecular weight is 406 g/mol. The average Bonchev–Trinajstić information content (AvgIpc) is 3.41.